The number of unbranched alkanes of at least 4 members (excludes halogenated alkanes) is 5. The van der Waals surface area contributed by atoms with E-state index in [9.17, 15) is 0 Å². The van der Waals surface area contributed by atoms with Crippen LogP contribution in [0.25, 0.3) is 11.3 Å². The fourth-order valence-electron chi connectivity index (χ4n) is 3.90. The van der Waals surface area contributed by atoms with Crippen molar-refractivity contribution in [2.75, 3.05) is 0 Å². The van der Waals surface area contributed by atoms with Gasteiger partial charge in [0, 0.05) is 17.7 Å². The van der Waals surface area contributed by atoms with E-state index in [4.69, 9.17) is 4.98 Å². The van der Waals surface area contributed by atoms with Crippen LogP contribution >= 0.6 is 0 Å². The highest BCUT2D eigenvalue weighted by Gasteiger charge is 2.13. The van der Waals surface area contributed by atoms with Crippen LogP contribution in [0.1, 0.15) is 87.9 Å². The molecule has 2 aromatic carbocycles. The monoisotopic (exact) mass is 388 g/mol. The molecule has 2 heteroatoms. The van der Waals surface area contributed by atoms with Crippen molar-refractivity contribution in [1.29, 1.82) is 0 Å². The lowest BCUT2D eigenvalue weighted by atomic mass is 10.00. The second kappa shape index (κ2) is 11.0. The summed E-state index contributed by atoms with van der Waals surface area (Å²) in [4.78, 5) is 8.69. The molecule has 0 atom stereocenters. The average molecular weight is 389 g/mol. The zero-order chi connectivity index (χ0) is 20.5. The van der Waals surface area contributed by atoms with Crippen molar-refractivity contribution in [3.05, 3.63) is 77.2 Å². The fourth-order valence-corrected chi connectivity index (χ4v) is 3.90. The van der Waals surface area contributed by atoms with Crippen molar-refractivity contribution in [3.63, 3.8) is 0 Å². The summed E-state index contributed by atoms with van der Waals surface area (Å²) < 4.78 is 0. The first-order valence-corrected chi connectivity index (χ1v) is 11.4. The van der Waals surface area contributed by atoms with E-state index in [1.807, 2.05) is 0 Å². The summed E-state index contributed by atoms with van der Waals surface area (Å²) in [6.45, 7) is 6.77. The Morgan fingerprint density at radius 2 is 1.62 bits per heavy atom. The minimum absolute atomic E-state index is 0.551. The first kappa shape index (κ1) is 21.4. The lowest BCUT2D eigenvalue weighted by molar-refractivity contribution is 0.605. The van der Waals surface area contributed by atoms with Gasteiger partial charge in [-0.1, -0.05) is 107 Å². The van der Waals surface area contributed by atoms with Crippen LogP contribution in [0.15, 0.2) is 54.6 Å². The smallest absolute Gasteiger partial charge is 0.111 e. The van der Waals surface area contributed by atoms with Gasteiger partial charge in [-0.25, -0.2) is 4.98 Å². The van der Waals surface area contributed by atoms with E-state index < -0.39 is 0 Å². The molecule has 0 saturated heterocycles. The lowest BCUT2D eigenvalue weighted by Crippen LogP contribution is -1.94. The second-order valence-corrected chi connectivity index (χ2v) is 8.47. The number of hydrogen-bond donors (Lipinski definition) is 1. The molecule has 0 radical (unpaired) electrons. The van der Waals surface area contributed by atoms with Crippen LogP contribution in [-0.2, 0) is 12.8 Å². The Morgan fingerprint density at radius 3 is 2.38 bits per heavy atom. The molecule has 3 rings (SSSR count). The molecule has 0 saturated carbocycles. The topological polar surface area (TPSA) is 28.7 Å². The Kier molecular flexibility index (Phi) is 8.10. The van der Waals surface area contributed by atoms with E-state index in [1.54, 1.807) is 0 Å². The quantitative estimate of drug-likeness (QED) is 0.335. The van der Waals surface area contributed by atoms with Gasteiger partial charge in [0.25, 0.3) is 0 Å². The van der Waals surface area contributed by atoms with Gasteiger partial charge in [0.15, 0.2) is 0 Å². The third-order valence-electron chi connectivity index (χ3n) is 5.64. The first-order chi connectivity index (χ1) is 14.2. The summed E-state index contributed by atoms with van der Waals surface area (Å²) in [5.74, 6) is 1.63. The van der Waals surface area contributed by atoms with E-state index in [0.717, 1.165) is 24.4 Å². The van der Waals surface area contributed by atoms with Gasteiger partial charge in [0.05, 0.1) is 5.69 Å². The third kappa shape index (κ3) is 6.32. The van der Waals surface area contributed by atoms with Crippen molar-refractivity contribution in [2.24, 2.45) is 0 Å². The van der Waals surface area contributed by atoms with Crippen LogP contribution < -0.4 is 0 Å². The molecule has 1 N–H and O–H groups in total. The maximum Gasteiger partial charge on any atom is 0.111 e. The van der Waals surface area contributed by atoms with Gasteiger partial charge in [0.1, 0.15) is 5.82 Å². The molecule has 0 aliphatic carbocycles. The van der Waals surface area contributed by atoms with Crippen LogP contribution in [0, 0.1) is 0 Å². The molecule has 154 valence electrons. The van der Waals surface area contributed by atoms with Crippen molar-refractivity contribution in [1.82, 2.24) is 9.97 Å². The molecule has 0 fully saturated rings. The minimum Gasteiger partial charge on any atom is -0.345 e. The number of nitrogens with one attached hydrogen (secondary N) is 1. The van der Waals surface area contributed by atoms with Gasteiger partial charge in [-0.3, -0.25) is 0 Å². The molecule has 0 aliphatic rings. The second-order valence-electron chi connectivity index (χ2n) is 8.47. The number of aromatic nitrogens is 2. The van der Waals surface area contributed by atoms with E-state index in [0.29, 0.717) is 5.92 Å². The predicted molar refractivity (Wildman–Crippen MR) is 124 cm³/mol. The number of imidazole rings is 1. The molecule has 0 amide bonds. The van der Waals surface area contributed by atoms with Crippen LogP contribution in [0.4, 0.5) is 0 Å². The normalized spacial score (nSPS) is 11.3. The van der Waals surface area contributed by atoms with Gasteiger partial charge < -0.3 is 4.98 Å². The molecule has 0 spiro atoms. The zero-order valence-electron chi connectivity index (χ0n) is 18.4. The molecule has 3 aromatic rings. The van der Waals surface area contributed by atoms with E-state index in [1.165, 1.54) is 60.9 Å². The summed E-state index contributed by atoms with van der Waals surface area (Å²) in [5, 5.41) is 0. The van der Waals surface area contributed by atoms with Crippen LogP contribution in [0.2, 0.25) is 0 Å². The molecule has 1 aromatic heterocycles. The Balaban J connectivity index is 1.74. The number of aromatic amines is 1. The maximum atomic E-state index is 5.02. The summed E-state index contributed by atoms with van der Waals surface area (Å²) in [6.07, 6.45) is 9.85. The Bertz CT molecular complexity index is 861. The summed E-state index contributed by atoms with van der Waals surface area (Å²) >= 11 is 0. The number of nitrogens with zero attached hydrogens (tertiary/aromatic N) is 1. The average Bonchev–Trinajstić information content (AvgIpc) is 3.14. The number of aryl methyl sites for hydroxylation is 1. The van der Waals surface area contributed by atoms with Gasteiger partial charge >= 0.3 is 0 Å². The minimum atomic E-state index is 0.551. The van der Waals surface area contributed by atoms with Gasteiger partial charge in [-0.15, -0.1) is 0 Å². The van der Waals surface area contributed by atoms with Crippen molar-refractivity contribution >= 4 is 0 Å². The van der Waals surface area contributed by atoms with E-state index >= 15 is 0 Å². The van der Waals surface area contributed by atoms with E-state index in [-0.39, 0.29) is 0 Å². The summed E-state index contributed by atoms with van der Waals surface area (Å²) in [5.41, 5.74) is 6.36. The molecule has 0 bridgehead atoms. The standard InChI is InChI=1S/C27H36N2/c1-4-5-6-7-8-12-18-25-27(23-15-10-9-11-16-23)29-26(28-25)20-22-14-13-17-24(19-22)21(2)3/h9-11,13-17,19,21H,4-8,12,18,20H2,1-3H3,(H,28,29). The van der Waals surface area contributed by atoms with Crippen LogP contribution in [-0.4, -0.2) is 9.97 Å². The predicted octanol–water partition coefficient (Wildman–Crippen LogP) is 7.69. The van der Waals surface area contributed by atoms with E-state index in [2.05, 4.69) is 80.4 Å². The molecule has 0 aliphatic heterocycles. The van der Waals surface area contributed by atoms with Crippen molar-refractivity contribution < 1.29 is 0 Å². The first-order valence-electron chi connectivity index (χ1n) is 11.4. The molecule has 1 heterocycles. The van der Waals surface area contributed by atoms with Gasteiger partial charge in [-0.05, 0) is 29.9 Å². The number of hydrogen-bond acceptors (Lipinski definition) is 1. The van der Waals surface area contributed by atoms with Gasteiger partial charge in [0.2, 0.25) is 0 Å². The SMILES string of the molecule is CCCCCCCCc1[nH]c(Cc2cccc(C(C)C)c2)nc1-c1ccccc1. The van der Waals surface area contributed by atoms with Crippen molar-refractivity contribution in [2.45, 2.75) is 78.1 Å². The highest BCUT2D eigenvalue weighted by molar-refractivity contribution is 5.62. The summed E-state index contributed by atoms with van der Waals surface area (Å²) in [7, 11) is 0. The lowest BCUT2D eigenvalue weighted by Gasteiger charge is -2.07. The molecule has 2 nitrogen and oxygen atoms in total. The Labute approximate surface area is 176 Å². The van der Waals surface area contributed by atoms with Crippen molar-refractivity contribution in [3.8, 4) is 11.3 Å². The Hall–Kier alpha value is -2.35. The third-order valence-corrected chi connectivity index (χ3v) is 5.64. The molecular weight excluding hydrogens is 352 g/mol. The number of H-pyrrole nitrogens is 1. The number of benzene rings is 2. The Morgan fingerprint density at radius 1 is 0.862 bits per heavy atom. The fraction of sp³-hybridized carbons (Fsp3) is 0.444. The largest absolute Gasteiger partial charge is 0.345 e. The van der Waals surface area contributed by atoms with Crippen LogP contribution in [0.5, 0.6) is 0 Å². The molecule has 29 heavy (non-hydrogen) atoms. The van der Waals surface area contributed by atoms with Crippen LogP contribution in [0.3, 0.4) is 0 Å². The zero-order valence-corrected chi connectivity index (χ0v) is 18.4. The molecular formula is C27H36N2. The summed E-state index contributed by atoms with van der Waals surface area (Å²) in [6, 6.07) is 19.5. The highest BCUT2D eigenvalue weighted by atomic mass is 14.9. The van der Waals surface area contributed by atoms with Gasteiger partial charge in [-0.2, -0.15) is 0 Å². The molecule has 0 unspecified atom stereocenters. The maximum absolute atomic E-state index is 5.02. The highest BCUT2D eigenvalue weighted by Crippen LogP contribution is 2.25. The number of rotatable bonds is 11.